The molecule has 0 unspecified atom stereocenters. The van der Waals surface area contributed by atoms with Crippen LogP contribution in [-0.4, -0.2) is 46.2 Å². The number of hydrogen-bond donors (Lipinski definition) is 0. The third-order valence-corrected chi connectivity index (χ3v) is 4.78. The molecular formula is C7H12O11P2. The van der Waals surface area contributed by atoms with E-state index in [1.165, 1.54) is 0 Å². The van der Waals surface area contributed by atoms with Crippen molar-refractivity contribution in [1.82, 2.24) is 0 Å². The van der Waals surface area contributed by atoms with Gasteiger partial charge in [0.2, 0.25) is 13.6 Å². The topological polar surface area (TPSA) is 125 Å². The van der Waals surface area contributed by atoms with Crippen molar-refractivity contribution < 1.29 is 50.5 Å². The summed E-state index contributed by atoms with van der Waals surface area (Å²) in [5, 5.41) is 0. The first-order valence-electron chi connectivity index (χ1n) is 5.38. The van der Waals surface area contributed by atoms with Gasteiger partial charge < -0.3 is 9.47 Å². The maximum Gasteiger partial charge on any atom is 0.512 e. The van der Waals surface area contributed by atoms with Crippen LogP contribution in [0, 0.1) is 0 Å². The highest BCUT2D eigenvalue weighted by Gasteiger charge is 2.33. The van der Waals surface area contributed by atoms with Crippen LogP contribution in [0.2, 0.25) is 0 Å². The summed E-state index contributed by atoms with van der Waals surface area (Å²) in [7, 11) is -7.26. The Kier molecular flexibility index (Phi) is 5.53. The van der Waals surface area contributed by atoms with Crippen molar-refractivity contribution >= 4 is 21.8 Å². The van der Waals surface area contributed by atoms with Crippen molar-refractivity contribution in [3.63, 3.8) is 0 Å². The average Bonchev–Trinajstić information content (AvgIpc) is 2.99. The van der Waals surface area contributed by atoms with Crippen LogP contribution in [-0.2, 0) is 45.7 Å². The third kappa shape index (κ3) is 4.80. The molecule has 2 rings (SSSR count). The Morgan fingerprint density at radius 3 is 1.50 bits per heavy atom. The Balaban J connectivity index is 1.56. The Morgan fingerprint density at radius 2 is 1.15 bits per heavy atom. The molecule has 0 aliphatic carbocycles. The van der Waals surface area contributed by atoms with Crippen LogP contribution in [0.3, 0.4) is 0 Å². The maximum atomic E-state index is 11.4. The van der Waals surface area contributed by atoms with Crippen LogP contribution in [0.4, 0.5) is 4.79 Å². The summed E-state index contributed by atoms with van der Waals surface area (Å²) in [4.78, 5) is 11.1. The van der Waals surface area contributed by atoms with E-state index in [1.807, 2.05) is 0 Å². The number of carbonyl (C=O) groups is 1. The second-order valence-corrected chi connectivity index (χ2v) is 6.60. The fourth-order valence-corrected chi connectivity index (χ4v) is 3.14. The minimum absolute atomic E-state index is 0.130. The molecule has 11 nitrogen and oxygen atoms in total. The van der Waals surface area contributed by atoms with Gasteiger partial charge in [-0.05, 0) is 0 Å². The quantitative estimate of drug-likeness (QED) is 0.397. The number of phosphoric acid groups is 2. The predicted octanol–water partition coefficient (Wildman–Crippen LogP) is 1.40. The summed E-state index contributed by atoms with van der Waals surface area (Å²) >= 11 is 0. The fraction of sp³-hybridized carbons (Fsp3) is 0.857. The van der Waals surface area contributed by atoms with Gasteiger partial charge in [0.1, 0.15) is 0 Å². The summed E-state index contributed by atoms with van der Waals surface area (Å²) < 4.78 is 59.5. The van der Waals surface area contributed by atoms with Gasteiger partial charge in [0, 0.05) is 0 Å². The van der Waals surface area contributed by atoms with Crippen LogP contribution in [0.15, 0.2) is 0 Å². The molecule has 0 aromatic carbocycles. The minimum Gasteiger partial charge on any atom is -0.406 e. The highest BCUT2D eigenvalue weighted by Crippen LogP contribution is 2.53. The molecule has 0 saturated carbocycles. The molecule has 13 heteroatoms. The van der Waals surface area contributed by atoms with Gasteiger partial charge in [-0.15, -0.1) is 0 Å². The first-order valence-corrected chi connectivity index (χ1v) is 8.30. The number of carbonyl (C=O) groups excluding carboxylic acids is 1. The van der Waals surface area contributed by atoms with Crippen molar-refractivity contribution in [3.8, 4) is 0 Å². The zero-order valence-corrected chi connectivity index (χ0v) is 11.9. The predicted molar refractivity (Wildman–Crippen MR) is 58.5 cm³/mol. The molecule has 0 spiro atoms. The molecule has 0 atom stereocenters. The van der Waals surface area contributed by atoms with E-state index in [-0.39, 0.29) is 26.4 Å². The van der Waals surface area contributed by atoms with Crippen molar-refractivity contribution in [1.29, 1.82) is 0 Å². The van der Waals surface area contributed by atoms with E-state index in [2.05, 4.69) is 36.6 Å². The monoisotopic (exact) mass is 334 g/mol. The fourth-order valence-electron chi connectivity index (χ4n) is 1.14. The molecule has 0 aromatic heterocycles. The lowest BCUT2D eigenvalue weighted by Crippen LogP contribution is -2.12. The molecule has 2 aliphatic rings. The van der Waals surface area contributed by atoms with Gasteiger partial charge >= 0.3 is 21.8 Å². The molecule has 0 amide bonds. The zero-order chi connectivity index (χ0) is 14.5. The Morgan fingerprint density at radius 1 is 0.800 bits per heavy atom. The van der Waals surface area contributed by atoms with Crippen LogP contribution in [0.1, 0.15) is 0 Å². The first kappa shape index (κ1) is 15.9. The van der Waals surface area contributed by atoms with Crippen molar-refractivity contribution in [2.24, 2.45) is 0 Å². The molecule has 0 bridgehead atoms. The summed E-state index contributed by atoms with van der Waals surface area (Å²) in [5.41, 5.74) is 0. The molecule has 116 valence electrons. The van der Waals surface area contributed by atoms with E-state index in [0.29, 0.717) is 0 Å². The van der Waals surface area contributed by atoms with Gasteiger partial charge in [0.25, 0.3) is 0 Å². The van der Waals surface area contributed by atoms with E-state index in [4.69, 9.17) is 0 Å². The van der Waals surface area contributed by atoms with E-state index in [1.54, 1.807) is 0 Å². The Hall–Kier alpha value is -0.510. The maximum absolute atomic E-state index is 11.4. The standard InChI is InChI=1S/C7H12O11P2/c8-7(11-5-17-19(9)13-1-2-14-19)12-6-18-20(10)15-3-4-16-20/h1-6H2. The van der Waals surface area contributed by atoms with Gasteiger partial charge in [0.05, 0.1) is 26.4 Å². The Labute approximate surface area is 113 Å². The SMILES string of the molecule is O=C(OCOP1(=O)OCCO1)OCOP1(=O)OCCO1. The zero-order valence-electron chi connectivity index (χ0n) is 10.1. The van der Waals surface area contributed by atoms with Crippen molar-refractivity contribution in [3.05, 3.63) is 0 Å². The van der Waals surface area contributed by atoms with Gasteiger partial charge in [-0.1, -0.05) is 0 Å². The number of ether oxygens (including phenoxy) is 2. The minimum atomic E-state index is -3.63. The highest BCUT2D eigenvalue weighted by molar-refractivity contribution is 7.49. The first-order chi connectivity index (χ1) is 9.52. The molecule has 2 heterocycles. The third-order valence-electron chi connectivity index (χ3n) is 1.94. The number of hydrogen-bond acceptors (Lipinski definition) is 11. The number of rotatable bonds is 6. The smallest absolute Gasteiger partial charge is 0.406 e. The van der Waals surface area contributed by atoms with Crippen molar-refractivity contribution in [2.45, 2.75) is 0 Å². The van der Waals surface area contributed by atoms with Crippen LogP contribution in [0.25, 0.3) is 0 Å². The van der Waals surface area contributed by atoms with Crippen LogP contribution < -0.4 is 0 Å². The van der Waals surface area contributed by atoms with Gasteiger partial charge in [-0.25, -0.2) is 23.0 Å². The lowest BCUT2D eigenvalue weighted by Gasteiger charge is -2.11. The summed E-state index contributed by atoms with van der Waals surface area (Å²) in [5.74, 6) is 0. The molecule has 0 aromatic rings. The summed E-state index contributed by atoms with van der Waals surface area (Å²) in [6.07, 6.45) is -1.19. The van der Waals surface area contributed by atoms with E-state index in [0.717, 1.165) is 0 Å². The lowest BCUT2D eigenvalue weighted by atomic mass is 10.8. The van der Waals surface area contributed by atoms with E-state index < -0.39 is 35.4 Å². The number of phosphoric ester groups is 2. The second-order valence-electron chi connectivity index (χ2n) is 3.26. The molecule has 20 heavy (non-hydrogen) atoms. The van der Waals surface area contributed by atoms with Gasteiger partial charge in [0.15, 0.2) is 0 Å². The van der Waals surface area contributed by atoms with E-state index >= 15 is 0 Å². The molecule has 2 saturated heterocycles. The molecule has 2 fully saturated rings. The van der Waals surface area contributed by atoms with Crippen LogP contribution in [0.5, 0.6) is 0 Å². The largest absolute Gasteiger partial charge is 0.512 e. The molecule has 2 aliphatic heterocycles. The highest BCUT2D eigenvalue weighted by atomic mass is 31.2. The molecular weight excluding hydrogens is 322 g/mol. The van der Waals surface area contributed by atoms with Crippen LogP contribution >= 0.6 is 15.6 Å². The van der Waals surface area contributed by atoms with Gasteiger partial charge in [-0.2, -0.15) is 0 Å². The molecule has 0 radical (unpaired) electrons. The average molecular weight is 334 g/mol. The van der Waals surface area contributed by atoms with Crippen molar-refractivity contribution in [2.75, 3.05) is 40.0 Å². The summed E-state index contributed by atoms with van der Waals surface area (Å²) in [6.45, 7) is -0.868. The lowest BCUT2D eigenvalue weighted by molar-refractivity contribution is -0.0366. The molecule has 0 N–H and O–H groups in total. The van der Waals surface area contributed by atoms with E-state index in [9.17, 15) is 13.9 Å². The second kappa shape index (κ2) is 6.97. The Bertz CT molecular complexity index is 378. The summed E-state index contributed by atoms with van der Waals surface area (Å²) in [6, 6.07) is 0. The normalized spacial score (nSPS) is 23.6. The van der Waals surface area contributed by atoms with Gasteiger partial charge in [-0.3, -0.25) is 18.1 Å².